The van der Waals surface area contributed by atoms with Gasteiger partial charge in [0.05, 0.1) is 26.4 Å². The molecule has 7 heteroatoms. The summed E-state index contributed by atoms with van der Waals surface area (Å²) in [6.07, 6.45) is -5.41. The van der Waals surface area contributed by atoms with Crippen LogP contribution in [0.1, 0.15) is 16.7 Å². The van der Waals surface area contributed by atoms with Gasteiger partial charge in [-0.05, 0) is 16.7 Å². The minimum atomic E-state index is -1.46. The summed E-state index contributed by atoms with van der Waals surface area (Å²) < 4.78 is 51.4. The van der Waals surface area contributed by atoms with Gasteiger partial charge in [0.2, 0.25) is 0 Å². The van der Waals surface area contributed by atoms with E-state index < -0.39 is 36.9 Å². The first-order valence-electron chi connectivity index (χ1n) is 12.5. The van der Waals surface area contributed by atoms with E-state index in [2.05, 4.69) is 0 Å². The predicted octanol–water partition coefficient (Wildman–Crippen LogP) is 5.10. The second kappa shape index (κ2) is 14.3. The zero-order valence-electron chi connectivity index (χ0n) is 21.3. The van der Waals surface area contributed by atoms with E-state index in [1.54, 1.807) is 0 Å². The van der Waals surface area contributed by atoms with Crippen molar-refractivity contribution in [1.29, 1.82) is 0 Å². The normalized spacial score (nSPS) is 24.6. The third-order valence-corrected chi connectivity index (χ3v) is 6.30. The van der Waals surface area contributed by atoms with Crippen LogP contribution in [-0.2, 0) is 48.2 Å². The molecule has 1 fully saturated rings. The Kier molecular flexibility index (Phi) is 10.6. The molecule has 37 heavy (non-hydrogen) atoms. The second-order valence-electron chi connectivity index (χ2n) is 8.96. The number of hydrogen-bond donors (Lipinski definition) is 0. The first-order chi connectivity index (χ1) is 18.2. The molecule has 0 aromatic heterocycles. The highest BCUT2D eigenvalue weighted by Crippen LogP contribution is 2.33. The maximum Gasteiger partial charge on any atom is 0.186 e. The Labute approximate surface area is 218 Å². The molecule has 0 bridgehead atoms. The molecule has 1 heterocycles. The van der Waals surface area contributed by atoms with Crippen LogP contribution in [-0.4, -0.2) is 57.7 Å². The summed E-state index contributed by atoms with van der Waals surface area (Å²) in [7, 11) is 2.97. The molecule has 3 unspecified atom stereocenters. The number of methoxy groups -OCH3 is 2. The van der Waals surface area contributed by atoms with Crippen LogP contribution in [0.2, 0.25) is 0 Å². The molecule has 0 spiro atoms. The van der Waals surface area contributed by atoms with E-state index in [9.17, 15) is 0 Å². The highest BCUT2D eigenvalue weighted by molar-refractivity contribution is 5.15. The van der Waals surface area contributed by atoms with E-state index in [0.717, 1.165) is 16.7 Å². The topological polar surface area (TPSA) is 55.4 Å². The molecule has 0 N–H and O–H groups in total. The Morgan fingerprint density at radius 1 is 0.649 bits per heavy atom. The number of halogens is 1. The zero-order valence-corrected chi connectivity index (χ0v) is 21.3. The molecule has 198 valence electrons. The molecule has 1 saturated heterocycles. The number of rotatable bonds is 13. The Morgan fingerprint density at radius 3 is 1.51 bits per heavy atom. The van der Waals surface area contributed by atoms with Crippen molar-refractivity contribution in [2.75, 3.05) is 20.8 Å². The van der Waals surface area contributed by atoms with Gasteiger partial charge < -0.3 is 28.4 Å². The molecule has 3 aromatic rings. The van der Waals surface area contributed by atoms with Gasteiger partial charge in [0, 0.05) is 14.2 Å². The smallest absolute Gasteiger partial charge is 0.186 e. The van der Waals surface area contributed by atoms with Gasteiger partial charge in [-0.25, -0.2) is 4.39 Å². The average Bonchev–Trinajstić information content (AvgIpc) is 2.95. The lowest BCUT2D eigenvalue weighted by molar-refractivity contribution is -0.327. The molecular formula is C30H35FO6. The highest BCUT2D eigenvalue weighted by atomic mass is 19.1. The molecule has 1 aliphatic rings. The van der Waals surface area contributed by atoms with Crippen LogP contribution in [0, 0.1) is 0 Å². The lowest BCUT2D eigenvalue weighted by atomic mass is 9.95. The number of benzene rings is 3. The van der Waals surface area contributed by atoms with Crippen LogP contribution in [0.3, 0.4) is 0 Å². The third kappa shape index (κ3) is 7.68. The van der Waals surface area contributed by atoms with E-state index in [0.29, 0.717) is 13.2 Å². The van der Waals surface area contributed by atoms with Gasteiger partial charge in [-0.1, -0.05) is 91.0 Å². The van der Waals surface area contributed by atoms with E-state index in [-0.39, 0.29) is 13.2 Å². The summed E-state index contributed by atoms with van der Waals surface area (Å²) in [6.45, 7) is 0.728. The number of alkyl halides is 1. The van der Waals surface area contributed by atoms with Crippen molar-refractivity contribution in [2.45, 2.75) is 56.7 Å². The zero-order chi connectivity index (χ0) is 25.9. The van der Waals surface area contributed by atoms with Crippen LogP contribution < -0.4 is 0 Å². The summed E-state index contributed by atoms with van der Waals surface area (Å²) in [5.74, 6) is 0. The summed E-state index contributed by atoms with van der Waals surface area (Å²) in [5.41, 5.74) is 2.93. The van der Waals surface area contributed by atoms with E-state index >= 15 is 4.39 Å². The standard InChI is InChI=1S/C30H35FO6/c1-32-21-25(31)26-27(34-18-22-12-6-3-7-13-22)28(35-19-23-14-8-4-9-15-23)29(30(33-2)37-26)36-20-24-16-10-5-11-17-24/h3-17,25-30H,18-21H2,1-2H3/t25-,26?,27+,28?,29?,30-/m0/s1. The highest BCUT2D eigenvalue weighted by Gasteiger charge is 2.51. The fourth-order valence-corrected chi connectivity index (χ4v) is 4.43. The van der Waals surface area contributed by atoms with E-state index in [4.69, 9.17) is 28.4 Å². The Hall–Kier alpha value is -2.65. The van der Waals surface area contributed by atoms with Crippen molar-refractivity contribution in [3.63, 3.8) is 0 Å². The molecule has 3 aromatic carbocycles. The fourth-order valence-electron chi connectivity index (χ4n) is 4.43. The van der Waals surface area contributed by atoms with Gasteiger partial charge in [0.25, 0.3) is 0 Å². The first-order valence-corrected chi connectivity index (χ1v) is 12.5. The summed E-state index contributed by atoms with van der Waals surface area (Å²) in [6, 6.07) is 29.4. The van der Waals surface area contributed by atoms with Crippen LogP contribution in [0.25, 0.3) is 0 Å². The van der Waals surface area contributed by atoms with Gasteiger partial charge in [-0.3, -0.25) is 0 Å². The molecule has 6 nitrogen and oxygen atoms in total. The molecule has 6 atom stereocenters. The molecular weight excluding hydrogens is 475 g/mol. The van der Waals surface area contributed by atoms with Gasteiger partial charge in [-0.2, -0.15) is 0 Å². The third-order valence-electron chi connectivity index (χ3n) is 6.30. The van der Waals surface area contributed by atoms with Gasteiger partial charge in [0.1, 0.15) is 24.4 Å². The van der Waals surface area contributed by atoms with Crippen molar-refractivity contribution in [2.24, 2.45) is 0 Å². The SMILES string of the molecule is COC[C@H](F)C1O[C@H](OC)C(OCc2ccccc2)C(OCc2ccccc2)[C@@H]1OCc1ccccc1. The van der Waals surface area contributed by atoms with Crippen molar-refractivity contribution < 1.29 is 32.8 Å². The van der Waals surface area contributed by atoms with Gasteiger partial charge in [-0.15, -0.1) is 0 Å². The number of ether oxygens (including phenoxy) is 6. The fraction of sp³-hybridized carbons (Fsp3) is 0.400. The van der Waals surface area contributed by atoms with Crippen molar-refractivity contribution in [3.8, 4) is 0 Å². The summed E-state index contributed by atoms with van der Waals surface area (Å²) in [4.78, 5) is 0. The average molecular weight is 511 g/mol. The summed E-state index contributed by atoms with van der Waals surface area (Å²) in [5, 5.41) is 0. The molecule has 0 radical (unpaired) electrons. The Morgan fingerprint density at radius 2 is 1.08 bits per heavy atom. The van der Waals surface area contributed by atoms with Gasteiger partial charge in [0.15, 0.2) is 12.5 Å². The van der Waals surface area contributed by atoms with E-state index in [1.165, 1.54) is 14.2 Å². The lowest BCUT2D eigenvalue weighted by Gasteiger charge is -2.46. The van der Waals surface area contributed by atoms with Crippen LogP contribution in [0.15, 0.2) is 91.0 Å². The van der Waals surface area contributed by atoms with Crippen molar-refractivity contribution in [1.82, 2.24) is 0 Å². The maximum atomic E-state index is 15.4. The molecule has 1 aliphatic heterocycles. The molecule has 4 rings (SSSR count). The van der Waals surface area contributed by atoms with E-state index in [1.807, 2.05) is 91.0 Å². The monoisotopic (exact) mass is 510 g/mol. The Bertz CT molecular complexity index is 1020. The largest absolute Gasteiger partial charge is 0.382 e. The minimum absolute atomic E-state index is 0.146. The lowest BCUT2D eigenvalue weighted by Crippen LogP contribution is -2.63. The molecule has 0 amide bonds. The van der Waals surface area contributed by atoms with Crippen LogP contribution in [0.4, 0.5) is 4.39 Å². The maximum absolute atomic E-state index is 15.4. The molecule has 0 aliphatic carbocycles. The minimum Gasteiger partial charge on any atom is -0.382 e. The second-order valence-corrected chi connectivity index (χ2v) is 8.96. The first kappa shape index (κ1) is 27.4. The van der Waals surface area contributed by atoms with Gasteiger partial charge >= 0.3 is 0 Å². The van der Waals surface area contributed by atoms with Crippen LogP contribution in [0.5, 0.6) is 0 Å². The van der Waals surface area contributed by atoms with Crippen molar-refractivity contribution in [3.05, 3.63) is 108 Å². The summed E-state index contributed by atoms with van der Waals surface area (Å²) >= 11 is 0. The molecule has 0 saturated carbocycles. The quantitative estimate of drug-likeness (QED) is 0.319. The predicted molar refractivity (Wildman–Crippen MR) is 137 cm³/mol. The van der Waals surface area contributed by atoms with Crippen LogP contribution >= 0.6 is 0 Å². The number of hydrogen-bond acceptors (Lipinski definition) is 6. The Balaban J connectivity index is 1.62. The van der Waals surface area contributed by atoms with Crippen molar-refractivity contribution >= 4 is 0 Å².